The zero-order valence-electron chi connectivity index (χ0n) is 38.3. The van der Waals surface area contributed by atoms with E-state index < -0.39 is 18.2 Å². The third-order valence-electron chi connectivity index (χ3n) is 12.4. The lowest BCUT2D eigenvalue weighted by Gasteiger charge is -2.23. The first-order valence-electron chi connectivity index (χ1n) is 25.8. The average Bonchev–Trinajstić information content (AvgIpc) is 3.19. The minimum atomic E-state index is -0.743. The highest BCUT2D eigenvalue weighted by atomic mass is 16.3. The van der Waals surface area contributed by atoms with E-state index in [9.17, 15) is 20.1 Å². The summed E-state index contributed by atoms with van der Waals surface area (Å²) in [4.78, 5) is 12.5. The first kappa shape index (κ1) is 55.4. The van der Waals surface area contributed by atoms with E-state index in [2.05, 4.69) is 19.2 Å². The Morgan fingerprint density at radius 2 is 0.607 bits per heavy atom. The van der Waals surface area contributed by atoms with E-state index in [4.69, 9.17) is 0 Å². The fraction of sp³-hybridized carbons (Fsp3) is 0.980. The second-order valence-corrected chi connectivity index (χ2v) is 18.1. The van der Waals surface area contributed by atoms with Crippen LogP contribution in [0.2, 0.25) is 0 Å². The fourth-order valence-electron chi connectivity index (χ4n) is 8.47. The van der Waals surface area contributed by atoms with E-state index in [-0.39, 0.29) is 18.9 Å². The Morgan fingerprint density at radius 3 is 0.857 bits per heavy atom. The third kappa shape index (κ3) is 42.9. The van der Waals surface area contributed by atoms with Crippen LogP contribution < -0.4 is 5.32 Å². The molecule has 1 amide bonds. The van der Waals surface area contributed by atoms with E-state index in [0.717, 1.165) is 25.7 Å². The van der Waals surface area contributed by atoms with Gasteiger partial charge < -0.3 is 20.6 Å². The van der Waals surface area contributed by atoms with E-state index >= 15 is 0 Å². The van der Waals surface area contributed by atoms with E-state index in [0.29, 0.717) is 12.8 Å². The lowest BCUT2D eigenvalue weighted by molar-refractivity contribution is -0.125. The minimum Gasteiger partial charge on any atom is -0.394 e. The molecule has 0 aromatic heterocycles. The van der Waals surface area contributed by atoms with Crippen LogP contribution in [0.1, 0.15) is 296 Å². The van der Waals surface area contributed by atoms with Crippen LogP contribution in [0.15, 0.2) is 0 Å². The van der Waals surface area contributed by atoms with Crippen LogP contribution in [0.5, 0.6) is 0 Å². The maximum atomic E-state index is 12.5. The van der Waals surface area contributed by atoms with Gasteiger partial charge in [0.05, 0.1) is 31.3 Å². The lowest BCUT2D eigenvalue weighted by atomic mass is 10.0. The molecule has 4 N–H and O–H groups in total. The second-order valence-electron chi connectivity index (χ2n) is 18.1. The average molecular weight is 794 g/mol. The van der Waals surface area contributed by atoms with Gasteiger partial charge >= 0.3 is 0 Å². The molecule has 0 aromatic carbocycles. The Morgan fingerprint density at radius 1 is 0.375 bits per heavy atom. The molecule has 0 rings (SSSR count). The summed E-state index contributed by atoms with van der Waals surface area (Å²) < 4.78 is 0. The van der Waals surface area contributed by atoms with Crippen molar-refractivity contribution in [2.24, 2.45) is 0 Å². The molecule has 0 aromatic rings. The summed E-state index contributed by atoms with van der Waals surface area (Å²) in [6.45, 7) is 4.29. The van der Waals surface area contributed by atoms with Gasteiger partial charge in [-0.3, -0.25) is 4.79 Å². The molecule has 5 nitrogen and oxygen atoms in total. The second kappa shape index (κ2) is 47.0. The first-order valence-corrected chi connectivity index (χ1v) is 25.8. The summed E-state index contributed by atoms with van der Waals surface area (Å²) in [5, 5.41) is 33.5. The van der Waals surface area contributed by atoms with E-state index in [1.807, 2.05) is 0 Å². The Balaban J connectivity index is 3.46. The number of unbranched alkanes of at least 4 members (excludes halogenated alkanes) is 39. The molecular weight excluding hydrogens is 691 g/mol. The summed E-state index contributed by atoms with van der Waals surface area (Å²) in [5.74, 6) is -0.277. The number of carbonyl (C=O) groups is 1. The molecule has 0 bridgehead atoms. The Kier molecular flexibility index (Phi) is 46.5. The number of aliphatic hydroxyl groups is 3. The molecule has 336 valence electrons. The number of hydrogen-bond donors (Lipinski definition) is 4. The fourth-order valence-corrected chi connectivity index (χ4v) is 8.47. The van der Waals surface area contributed by atoms with Gasteiger partial charge in [0, 0.05) is 0 Å². The Hall–Kier alpha value is -0.650. The summed E-state index contributed by atoms with van der Waals surface area (Å²) in [6.07, 6.45) is 55.4. The molecule has 0 spiro atoms. The summed E-state index contributed by atoms with van der Waals surface area (Å²) in [6, 6.07) is -0.652. The number of amides is 1. The number of carbonyl (C=O) groups excluding carboxylic acids is 1. The monoisotopic (exact) mass is 794 g/mol. The smallest absolute Gasteiger partial charge is 0.222 e. The topological polar surface area (TPSA) is 89.8 Å². The zero-order valence-corrected chi connectivity index (χ0v) is 38.3. The molecule has 5 heteroatoms. The Labute approximate surface area is 351 Å². The van der Waals surface area contributed by atoms with E-state index in [1.165, 1.54) is 238 Å². The van der Waals surface area contributed by atoms with Gasteiger partial charge in [-0.15, -0.1) is 0 Å². The standard InChI is InChI=1S/C51H103NO4/c1-3-5-7-9-11-13-15-17-18-19-20-21-22-23-24-25-26-27-28-29-30-31-33-34-36-38-40-42-44-48(54)46-51(56)52-49(47-53)50(55)45-43-41-39-37-35-32-16-14-12-10-8-6-4-2/h48-50,53-55H,3-47H2,1-2H3,(H,52,56). The Bertz CT molecular complexity index is 747. The molecule has 0 saturated carbocycles. The van der Waals surface area contributed by atoms with Gasteiger partial charge in [-0.1, -0.05) is 277 Å². The number of hydrogen-bond acceptors (Lipinski definition) is 4. The van der Waals surface area contributed by atoms with Crippen LogP contribution in [0.3, 0.4) is 0 Å². The van der Waals surface area contributed by atoms with Crippen LogP contribution >= 0.6 is 0 Å². The van der Waals surface area contributed by atoms with Crippen molar-refractivity contribution < 1.29 is 20.1 Å². The van der Waals surface area contributed by atoms with Crippen molar-refractivity contribution in [3.63, 3.8) is 0 Å². The van der Waals surface area contributed by atoms with Crippen molar-refractivity contribution in [1.29, 1.82) is 0 Å². The molecule has 0 saturated heterocycles. The number of aliphatic hydroxyl groups excluding tert-OH is 3. The predicted molar refractivity (Wildman–Crippen MR) is 246 cm³/mol. The van der Waals surface area contributed by atoms with Gasteiger partial charge in [-0.05, 0) is 12.8 Å². The SMILES string of the molecule is CCCCCCCCCCCCCCCCCCCCCCCCCCCCCCC(O)CC(=O)NC(CO)C(O)CCCCCCCCCCCCCCC. The minimum absolute atomic E-state index is 0.0431. The van der Waals surface area contributed by atoms with E-state index in [1.54, 1.807) is 0 Å². The molecule has 0 aliphatic carbocycles. The molecular formula is C51H103NO4. The molecule has 56 heavy (non-hydrogen) atoms. The highest BCUT2D eigenvalue weighted by molar-refractivity contribution is 5.76. The zero-order chi connectivity index (χ0) is 40.8. The highest BCUT2D eigenvalue weighted by Gasteiger charge is 2.21. The maximum Gasteiger partial charge on any atom is 0.222 e. The van der Waals surface area contributed by atoms with Gasteiger partial charge in [0.25, 0.3) is 0 Å². The van der Waals surface area contributed by atoms with Crippen molar-refractivity contribution in [3.05, 3.63) is 0 Å². The van der Waals surface area contributed by atoms with Crippen LogP contribution in [-0.2, 0) is 4.79 Å². The van der Waals surface area contributed by atoms with Crippen LogP contribution in [-0.4, -0.2) is 46.1 Å². The quantitative estimate of drug-likeness (QED) is 0.0462. The van der Waals surface area contributed by atoms with Crippen LogP contribution in [0, 0.1) is 0 Å². The maximum absolute atomic E-state index is 12.5. The predicted octanol–water partition coefficient (Wildman–Crippen LogP) is 15.4. The lowest BCUT2D eigenvalue weighted by Crippen LogP contribution is -2.46. The molecule has 0 aliphatic heterocycles. The summed E-state index contributed by atoms with van der Waals surface area (Å²) in [7, 11) is 0. The highest BCUT2D eigenvalue weighted by Crippen LogP contribution is 2.18. The molecule has 0 fully saturated rings. The molecule has 0 aliphatic rings. The van der Waals surface area contributed by atoms with Gasteiger partial charge in [-0.25, -0.2) is 0 Å². The van der Waals surface area contributed by atoms with Crippen LogP contribution in [0.4, 0.5) is 0 Å². The largest absolute Gasteiger partial charge is 0.394 e. The first-order chi connectivity index (χ1) is 27.5. The van der Waals surface area contributed by atoms with Gasteiger partial charge in [0.1, 0.15) is 0 Å². The van der Waals surface area contributed by atoms with Crippen molar-refractivity contribution in [1.82, 2.24) is 5.32 Å². The van der Waals surface area contributed by atoms with Crippen molar-refractivity contribution in [3.8, 4) is 0 Å². The van der Waals surface area contributed by atoms with Gasteiger partial charge in [0.2, 0.25) is 5.91 Å². The molecule has 0 heterocycles. The third-order valence-corrected chi connectivity index (χ3v) is 12.4. The van der Waals surface area contributed by atoms with Gasteiger partial charge in [0.15, 0.2) is 0 Å². The molecule has 0 radical (unpaired) electrons. The molecule has 3 unspecified atom stereocenters. The van der Waals surface area contributed by atoms with Gasteiger partial charge in [-0.2, -0.15) is 0 Å². The summed E-state index contributed by atoms with van der Waals surface area (Å²) >= 11 is 0. The number of rotatable bonds is 48. The summed E-state index contributed by atoms with van der Waals surface area (Å²) in [5.41, 5.74) is 0. The van der Waals surface area contributed by atoms with Crippen molar-refractivity contribution >= 4 is 5.91 Å². The van der Waals surface area contributed by atoms with Crippen LogP contribution in [0.25, 0.3) is 0 Å². The normalized spacial score (nSPS) is 13.3. The number of nitrogens with one attached hydrogen (secondary N) is 1. The van der Waals surface area contributed by atoms with Crippen molar-refractivity contribution in [2.45, 2.75) is 315 Å². The van der Waals surface area contributed by atoms with Crippen molar-refractivity contribution in [2.75, 3.05) is 6.61 Å². The molecule has 3 atom stereocenters.